The fourth-order valence-electron chi connectivity index (χ4n) is 3.91. The highest BCUT2D eigenvalue weighted by Gasteiger charge is 2.15. The van der Waals surface area contributed by atoms with Crippen molar-refractivity contribution in [3.8, 4) is 17.1 Å². The van der Waals surface area contributed by atoms with Crippen LogP contribution in [0, 0.1) is 0 Å². The summed E-state index contributed by atoms with van der Waals surface area (Å²) >= 11 is 0. The van der Waals surface area contributed by atoms with Gasteiger partial charge in [-0.1, -0.05) is 42.5 Å². The first kappa shape index (κ1) is 20.6. The van der Waals surface area contributed by atoms with Crippen LogP contribution in [0.15, 0.2) is 102 Å². The van der Waals surface area contributed by atoms with Gasteiger partial charge in [-0.15, -0.1) is 10.2 Å². The van der Waals surface area contributed by atoms with E-state index in [0.29, 0.717) is 17.3 Å². The number of nitrogens with zero attached hydrogens (tertiary/aromatic N) is 5. The Morgan fingerprint density at radius 3 is 2.69 bits per heavy atom. The second-order valence-corrected chi connectivity index (χ2v) is 7.96. The van der Waals surface area contributed by atoms with Crippen LogP contribution in [0.25, 0.3) is 39.8 Å². The normalized spacial score (nSPS) is 11.5. The van der Waals surface area contributed by atoms with E-state index >= 15 is 0 Å². The van der Waals surface area contributed by atoms with Gasteiger partial charge in [-0.2, -0.15) is 5.10 Å². The zero-order chi connectivity index (χ0) is 23.6. The number of carbonyl (C=O) groups is 1. The Morgan fingerprint density at radius 1 is 0.971 bits per heavy atom. The molecular formula is C27H20N6O2. The second kappa shape index (κ2) is 8.75. The zero-order valence-electron chi connectivity index (χ0n) is 18.6. The predicted octanol–water partition coefficient (Wildman–Crippen LogP) is 4.66. The number of hydrogen-bond donors (Lipinski definition) is 1. The number of hydrogen-bond acceptors (Lipinski definition) is 5. The van der Waals surface area contributed by atoms with E-state index in [-0.39, 0.29) is 12.5 Å². The number of furan rings is 1. The summed E-state index contributed by atoms with van der Waals surface area (Å²) in [6.45, 7) is 0.258. The predicted molar refractivity (Wildman–Crippen MR) is 133 cm³/mol. The van der Waals surface area contributed by atoms with E-state index in [2.05, 4.69) is 15.5 Å². The van der Waals surface area contributed by atoms with E-state index in [4.69, 9.17) is 9.52 Å². The van der Waals surface area contributed by atoms with Crippen LogP contribution in [-0.2, 0) is 11.3 Å². The minimum absolute atomic E-state index is 0.249. The maximum atomic E-state index is 12.6. The smallest absolute Gasteiger partial charge is 0.244 e. The third kappa shape index (κ3) is 4.08. The van der Waals surface area contributed by atoms with Gasteiger partial charge < -0.3 is 9.73 Å². The Kier molecular flexibility index (Phi) is 5.16. The van der Waals surface area contributed by atoms with E-state index in [1.165, 1.54) is 6.08 Å². The van der Waals surface area contributed by atoms with Crippen molar-refractivity contribution in [1.29, 1.82) is 0 Å². The number of para-hydroxylation sites is 2. The minimum atomic E-state index is -0.249. The Labute approximate surface area is 200 Å². The van der Waals surface area contributed by atoms with Crippen molar-refractivity contribution >= 4 is 28.6 Å². The zero-order valence-corrected chi connectivity index (χ0v) is 18.6. The number of benzene rings is 2. The average molecular weight is 460 g/mol. The molecule has 0 unspecified atom stereocenters. The van der Waals surface area contributed by atoms with Crippen LogP contribution >= 0.6 is 0 Å². The van der Waals surface area contributed by atoms with Crippen LogP contribution < -0.4 is 5.32 Å². The number of nitrogens with one attached hydrogen (secondary N) is 1. The highest BCUT2D eigenvalue weighted by atomic mass is 16.3. The van der Waals surface area contributed by atoms with E-state index in [0.717, 1.165) is 27.9 Å². The van der Waals surface area contributed by atoms with Gasteiger partial charge in [0.2, 0.25) is 5.91 Å². The maximum Gasteiger partial charge on any atom is 0.244 e. The number of pyridine rings is 1. The topological polar surface area (TPSA) is 90.2 Å². The fourth-order valence-corrected chi connectivity index (χ4v) is 3.91. The lowest BCUT2D eigenvalue weighted by Gasteiger charge is -2.00. The van der Waals surface area contributed by atoms with Gasteiger partial charge in [0.05, 0.1) is 12.2 Å². The molecule has 6 aromatic rings. The number of carbonyl (C=O) groups excluding carboxylic acids is 1. The molecule has 0 fully saturated rings. The number of amides is 1. The fraction of sp³-hybridized carbons (Fsp3) is 0.0370. The van der Waals surface area contributed by atoms with Gasteiger partial charge in [0.25, 0.3) is 0 Å². The Bertz CT molecular complexity index is 1640. The third-order valence-corrected chi connectivity index (χ3v) is 5.64. The van der Waals surface area contributed by atoms with Crippen molar-refractivity contribution in [2.75, 3.05) is 0 Å². The van der Waals surface area contributed by atoms with E-state index in [9.17, 15) is 4.79 Å². The van der Waals surface area contributed by atoms with Gasteiger partial charge in [-0.05, 0) is 42.5 Å². The van der Waals surface area contributed by atoms with Gasteiger partial charge in [0, 0.05) is 29.4 Å². The lowest BCUT2D eigenvalue weighted by Crippen LogP contribution is -2.21. The molecule has 0 saturated heterocycles. The molecule has 0 aliphatic carbocycles. The van der Waals surface area contributed by atoms with Crippen molar-refractivity contribution in [3.05, 3.63) is 109 Å². The van der Waals surface area contributed by atoms with Crippen LogP contribution in [-0.4, -0.2) is 30.3 Å². The van der Waals surface area contributed by atoms with E-state index in [1.54, 1.807) is 10.8 Å². The number of fused-ring (bicyclic) bond motifs is 2. The molecule has 0 aliphatic heterocycles. The standard InChI is InChI=1S/C27H20N6O2/c34-26(28-17-25-30-29-24-12-6-7-15-32(24)25)14-13-20-18-33(21-9-2-1-3-10-21)31-27(20)23-16-19-8-4-5-11-22(19)35-23/h1-16,18H,17H2,(H,28,34). The van der Waals surface area contributed by atoms with Gasteiger partial charge in [0.15, 0.2) is 17.2 Å². The van der Waals surface area contributed by atoms with Crippen LogP contribution in [0.4, 0.5) is 0 Å². The summed E-state index contributed by atoms with van der Waals surface area (Å²) in [5, 5.41) is 16.9. The van der Waals surface area contributed by atoms with Crippen LogP contribution in [0.2, 0.25) is 0 Å². The summed E-state index contributed by atoms with van der Waals surface area (Å²) in [6.07, 6.45) is 6.98. The van der Waals surface area contributed by atoms with Gasteiger partial charge in [-0.3, -0.25) is 9.20 Å². The Morgan fingerprint density at radius 2 is 1.80 bits per heavy atom. The van der Waals surface area contributed by atoms with Crippen LogP contribution in [0.5, 0.6) is 0 Å². The SMILES string of the molecule is O=C(C=Cc1cn(-c2ccccc2)nc1-c1cc2ccccc2o1)NCc1nnc2ccccn12. The van der Waals surface area contributed by atoms with Crippen LogP contribution in [0.3, 0.4) is 0 Å². The van der Waals surface area contributed by atoms with E-state index in [1.807, 2.05) is 95.7 Å². The molecule has 8 heteroatoms. The molecule has 0 aliphatic rings. The monoisotopic (exact) mass is 460 g/mol. The Hall–Kier alpha value is -4.98. The minimum Gasteiger partial charge on any atom is -0.454 e. The molecule has 0 spiro atoms. The molecule has 0 radical (unpaired) electrons. The van der Waals surface area contributed by atoms with Crippen LogP contribution in [0.1, 0.15) is 11.4 Å². The molecule has 35 heavy (non-hydrogen) atoms. The molecule has 1 amide bonds. The summed E-state index contributed by atoms with van der Waals surface area (Å²) in [7, 11) is 0. The number of rotatable bonds is 6. The Balaban J connectivity index is 1.28. The highest BCUT2D eigenvalue weighted by molar-refractivity contribution is 5.93. The molecular weight excluding hydrogens is 440 g/mol. The molecule has 4 heterocycles. The largest absolute Gasteiger partial charge is 0.454 e. The molecule has 0 atom stereocenters. The molecule has 8 nitrogen and oxygen atoms in total. The summed E-state index contributed by atoms with van der Waals surface area (Å²) in [6, 6.07) is 25.2. The lowest BCUT2D eigenvalue weighted by atomic mass is 10.2. The molecule has 0 saturated carbocycles. The van der Waals surface area contributed by atoms with Gasteiger partial charge >= 0.3 is 0 Å². The van der Waals surface area contributed by atoms with E-state index < -0.39 is 0 Å². The summed E-state index contributed by atoms with van der Waals surface area (Å²) in [4.78, 5) is 12.6. The molecule has 1 N–H and O–H groups in total. The first-order valence-electron chi connectivity index (χ1n) is 11.1. The van der Waals surface area contributed by atoms with Gasteiger partial charge in [0.1, 0.15) is 11.3 Å². The van der Waals surface area contributed by atoms with Crippen molar-refractivity contribution < 1.29 is 9.21 Å². The first-order chi connectivity index (χ1) is 17.2. The highest BCUT2D eigenvalue weighted by Crippen LogP contribution is 2.30. The quantitative estimate of drug-likeness (QED) is 0.365. The summed E-state index contributed by atoms with van der Waals surface area (Å²) < 4.78 is 9.68. The second-order valence-electron chi connectivity index (χ2n) is 7.96. The summed E-state index contributed by atoms with van der Waals surface area (Å²) in [5.41, 5.74) is 3.84. The number of aromatic nitrogens is 5. The van der Waals surface area contributed by atoms with Crippen molar-refractivity contribution in [2.45, 2.75) is 6.54 Å². The van der Waals surface area contributed by atoms with Crippen molar-refractivity contribution in [2.24, 2.45) is 0 Å². The summed E-state index contributed by atoms with van der Waals surface area (Å²) in [5.74, 6) is 1.04. The molecule has 0 bridgehead atoms. The average Bonchev–Trinajstić information content (AvgIpc) is 3.63. The first-order valence-corrected chi connectivity index (χ1v) is 11.1. The third-order valence-electron chi connectivity index (χ3n) is 5.64. The molecule has 4 aromatic heterocycles. The van der Waals surface area contributed by atoms with Gasteiger partial charge in [-0.25, -0.2) is 4.68 Å². The molecule has 6 rings (SSSR count). The molecule has 2 aromatic carbocycles. The van der Waals surface area contributed by atoms with Crippen molar-refractivity contribution in [1.82, 2.24) is 29.7 Å². The van der Waals surface area contributed by atoms with Crippen molar-refractivity contribution in [3.63, 3.8) is 0 Å². The lowest BCUT2D eigenvalue weighted by molar-refractivity contribution is -0.116. The molecule has 170 valence electrons. The maximum absolute atomic E-state index is 12.6.